The van der Waals surface area contributed by atoms with Crippen LogP contribution in [0.2, 0.25) is 0 Å². The highest BCUT2D eigenvalue weighted by atomic mass is 32.1. The second kappa shape index (κ2) is 6.62. The zero-order valence-corrected chi connectivity index (χ0v) is 14.2. The molecule has 4 rings (SSSR count). The van der Waals surface area contributed by atoms with Crippen LogP contribution in [0.1, 0.15) is 24.8 Å². The standard InChI is InChI=1S/C16H19N3O4S/c1-21-13(10-4-5-10)16(20)19-6-7-22-9-11(19)15-17-14(18-23-15)12-3-2-8-24-12/h2-3,8,10-11,13H,4-7,9H2,1H3. The van der Waals surface area contributed by atoms with Crippen molar-refractivity contribution in [1.82, 2.24) is 15.0 Å². The van der Waals surface area contributed by atoms with E-state index in [-0.39, 0.29) is 18.1 Å². The fraction of sp³-hybridized carbons (Fsp3) is 0.562. The summed E-state index contributed by atoms with van der Waals surface area (Å²) in [6.45, 7) is 1.38. The Hall–Kier alpha value is -1.77. The Kier molecular flexibility index (Phi) is 4.34. The smallest absolute Gasteiger partial charge is 0.252 e. The van der Waals surface area contributed by atoms with E-state index in [1.807, 2.05) is 17.5 Å². The van der Waals surface area contributed by atoms with Crippen LogP contribution in [0, 0.1) is 5.92 Å². The number of ether oxygens (including phenoxy) is 2. The van der Waals surface area contributed by atoms with Crippen molar-refractivity contribution in [3.63, 3.8) is 0 Å². The zero-order chi connectivity index (χ0) is 16.5. The fourth-order valence-electron chi connectivity index (χ4n) is 3.01. The van der Waals surface area contributed by atoms with Gasteiger partial charge in [-0.25, -0.2) is 0 Å². The Morgan fingerprint density at radius 2 is 2.38 bits per heavy atom. The SMILES string of the molecule is COC(C(=O)N1CCOCC1c1nc(-c2cccs2)no1)C1CC1. The summed E-state index contributed by atoms with van der Waals surface area (Å²) in [5.74, 6) is 1.28. The van der Waals surface area contributed by atoms with Gasteiger partial charge < -0.3 is 18.9 Å². The van der Waals surface area contributed by atoms with Crippen LogP contribution in [0.25, 0.3) is 10.7 Å². The molecule has 0 bridgehead atoms. The molecule has 2 aromatic heterocycles. The van der Waals surface area contributed by atoms with E-state index in [1.165, 1.54) is 0 Å². The van der Waals surface area contributed by atoms with Gasteiger partial charge in [0, 0.05) is 13.7 Å². The Labute approximate surface area is 143 Å². The van der Waals surface area contributed by atoms with Gasteiger partial charge in [-0.1, -0.05) is 11.2 Å². The number of methoxy groups -OCH3 is 1. The van der Waals surface area contributed by atoms with Crippen LogP contribution in [0.4, 0.5) is 0 Å². The third-order valence-corrected chi connectivity index (χ3v) is 5.29. The molecule has 0 aromatic carbocycles. The Morgan fingerprint density at radius 3 is 3.08 bits per heavy atom. The van der Waals surface area contributed by atoms with Gasteiger partial charge in [-0.2, -0.15) is 4.98 Å². The molecule has 2 aromatic rings. The largest absolute Gasteiger partial charge is 0.377 e. The van der Waals surface area contributed by atoms with Crippen LogP contribution in [0.5, 0.6) is 0 Å². The number of morpholine rings is 1. The lowest BCUT2D eigenvalue weighted by molar-refractivity contribution is -0.153. The predicted molar refractivity (Wildman–Crippen MR) is 86.4 cm³/mol. The molecule has 2 atom stereocenters. The van der Waals surface area contributed by atoms with Gasteiger partial charge in [0.1, 0.15) is 12.1 Å². The number of amides is 1. The summed E-state index contributed by atoms with van der Waals surface area (Å²) in [5.41, 5.74) is 0. The van der Waals surface area contributed by atoms with E-state index in [4.69, 9.17) is 14.0 Å². The maximum atomic E-state index is 12.9. The summed E-state index contributed by atoms with van der Waals surface area (Å²) >= 11 is 1.55. The number of rotatable bonds is 5. The first-order valence-electron chi connectivity index (χ1n) is 8.06. The molecule has 7 nitrogen and oxygen atoms in total. The second-order valence-electron chi connectivity index (χ2n) is 6.05. The van der Waals surface area contributed by atoms with Gasteiger partial charge in [0.15, 0.2) is 0 Å². The van der Waals surface area contributed by atoms with Gasteiger partial charge in [0.25, 0.3) is 11.8 Å². The molecule has 0 N–H and O–H groups in total. The van der Waals surface area contributed by atoms with Crippen molar-refractivity contribution in [1.29, 1.82) is 0 Å². The Morgan fingerprint density at radius 1 is 1.50 bits per heavy atom. The number of carbonyl (C=O) groups is 1. The van der Waals surface area contributed by atoms with E-state index < -0.39 is 0 Å². The second-order valence-corrected chi connectivity index (χ2v) is 7.00. The monoisotopic (exact) mass is 349 g/mol. The van der Waals surface area contributed by atoms with Gasteiger partial charge in [-0.3, -0.25) is 4.79 Å². The van der Waals surface area contributed by atoms with Gasteiger partial charge in [0.2, 0.25) is 5.82 Å². The Bertz CT molecular complexity index is 698. The van der Waals surface area contributed by atoms with Crippen molar-refractivity contribution < 1.29 is 18.8 Å². The molecule has 1 saturated heterocycles. The first-order chi connectivity index (χ1) is 11.8. The third kappa shape index (κ3) is 2.97. The topological polar surface area (TPSA) is 77.7 Å². The molecule has 2 unspecified atom stereocenters. The number of hydrogen-bond donors (Lipinski definition) is 0. The highest BCUT2D eigenvalue weighted by Crippen LogP contribution is 2.36. The van der Waals surface area contributed by atoms with Gasteiger partial charge in [-0.05, 0) is 30.2 Å². The molecular weight excluding hydrogens is 330 g/mol. The van der Waals surface area contributed by atoms with Crippen LogP contribution in [0.15, 0.2) is 22.0 Å². The van der Waals surface area contributed by atoms with Crippen LogP contribution in [-0.2, 0) is 14.3 Å². The van der Waals surface area contributed by atoms with Gasteiger partial charge in [0.05, 0.1) is 18.1 Å². The van der Waals surface area contributed by atoms with Gasteiger partial charge in [-0.15, -0.1) is 11.3 Å². The van der Waals surface area contributed by atoms with E-state index in [2.05, 4.69) is 10.1 Å². The minimum atomic E-state index is -0.384. The van der Waals surface area contributed by atoms with E-state index in [0.29, 0.717) is 37.4 Å². The lowest BCUT2D eigenvalue weighted by Gasteiger charge is -2.35. The maximum absolute atomic E-state index is 12.9. The minimum absolute atomic E-state index is 0.0100. The van der Waals surface area contributed by atoms with Crippen molar-refractivity contribution in [2.45, 2.75) is 25.0 Å². The summed E-state index contributed by atoms with van der Waals surface area (Å²) in [5, 5.41) is 6.00. The van der Waals surface area contributed by atoms with Crippen LogP contribution >= 0.6 is 11.3 Å². The molecule has 1 saturated carbocycles. The summed E-state index contributed by atoms with van der Waals surface area (Å²) < 4.78 is 16.4. The number of carbonyl (C=O) groups excluding carboxylic acids is 1. The molecule has 2 fully saturated rings. The summed E-state index contributed by atoms with van der Waals surface area (Å²) in [6, 6.07) is 3.52. The summed E-state index contributed by atoms with van der Waals surface area (Å²) in [7, 11) is 1.60. The number of thiophene rings is 1. The highest BCUT2D eigenvalue weighted by Gasteiger charge is 2.42. The zero-order valence-electron chi connectivity index (χ0n) is 13.4. The first-order valence-corrected chi connectivity index (χ1v) is 8.94. The third-order valence-electron chi connectivity index (χ3n) is 4.43. The molecule has 8 heteroatoms. The maximum Gasteiger partial charge on any atom is 0.252 e. The molecule has 24 heavy (non-hydrogen) atoms. The Balaban J connectivity index is 1.56. The van der Waals surface area contributed by atoms with E-state index in [9.17, 15) is 4.79 Å². The normalized spacial score (nSPS) is 22.5. The van der Waals surface area contributed by atoms with Crippen molar-refractivity contribution in [2.24, 2.45) is 5.92 Å². The molecule has 1 aliphatic carbocycles. The number of hydrogen-bond acceptors (Lipinski definition) is 7. The average Bonchev–Trinajstić information content (AvgIpc) is 3.12. The van der Waals surface area contributed by atoms with Crippen molar-refractivity contribution >= 4 is 17.2 Å². The molecule has 1 aliphatic heterocycles. The molecular formula is C16H19N3O4S. The van der Waals surface area contributed by atoms with E-state index in [0.717, 1.165) is 17.7 Å². The highest BCUT2D eigenvalue weighted by molar-refractivity contribution is 7.13. The summed E-state index contributed by atoms with van der Waals surface area (Å²) in [4.78, 5) is 20.1. The van der Waals surface area contributed by atoms with Crippen molar-refractivity contribution in [2.75, 3.05) is 26.9 Å². The minimum Gasteiger partial charge on any atom is -0.377 e. The van der Waals surface area contributed by atoms with Crippen LogP contribution in [0.3, 0.4) is 0 Å². The van der Waals surface area contributed by atoms with Crippen LogP contribution < -0.4 is 0 Å². The number of nitrogens with zero attached hydrogens (tertiary/aromatic N) is 3. The number of aromatic nitrogens is 2. The fourth-order valence-corrected chi connectivity index (χ4v) is 3.65. The predicted octanol–water partition coefficient (Wildman–Crippen LogP) is 2.12. The molecule has 3 heterocycles. The molecule has 0 radical (unpaired) electrons. The van der Waals surface area contributed by atoms with E-state index >= 15 is 0 Å². The quantitative estimate of drug-likeness (QED) is 0.823. The van der Waals surface area contributed by atoms with Crippen molar-refractivity contribution in [3.8, 4) is 10.7 Å². The molecule has 0 spiro atoms. The molecule has 128 valence electrons. The first kappa shape index (κ1) is 15.7. The lowest BCUT2D eigenvalue weighted by atomic mass is 10.1. The average molecular weight is 349 g/mol. The molecule has 1 amide bonds. The van der Waals surface area contributed by atoms with Gasteiger partial charge >= 0.3 is 0 Å². The lowest BCUT2D eigenvalue weighted by Crippen LogP contribution is -2.48. The van der Waals surface area contributed by atoms with E-state index in [1.54, 1.807) is 23.3 Å². The van der Waals surface area contributed by atoms with Crippen LogP contribution in [-0.4, -0.2) is 53.9 Å². The summed E-state index contributed by atoms with van der Waals surface area (Å²) in [6.07, 6.45) is 1.70. The molecule has 2 aliphatic rings. The van der Waals surface area contributed by atoms with Crippen molar-refractivity contribution in [3.05, 3.63) is 23.4 Å².